The number of hydrogen-bond donors (Lipinski definition) is 2. The number of amides is 1. The first kappa shape index (κ1) is 12.6. The van der Waals surface area contributed by atoms with E-state index in [2.05, 4.69) is 26.2 Å². The lowest BCUT2D eigenvalue weighted by molar-refractivity contribution is 0.102. The Kier molecular flexibility index (Phi) is 3.62. The van der Waals surface area contributed by atoms with Crippen molar-refractivity contribution in [2.24, 2.45) is 0 Å². The van der Waals surface area contributed by atoms with Gasteiger partial charge in [-0.1, -0.05) is 15.9 Å². The highest BCUT2D eigenvalue weighted by atomic mass is 79.9. The summed E-state index contributed by atoms with van der Waals surface area (Å²) >= 11 is 3.31. The van der Waals surface area contributed by atoms with Crippen LogP contribution >= 0.6 is 15.9 Å². The van der Waals surface area contributed by atoms with Crippen LogP contribution in [-0.4, -0.2) is 10.9 Å². The molecule has 0 radical (unpaired) electrons. The van der Waals surface area contributed by atoms with Gasteiger partial charge in [0, 0.05) is 21.9 Å². The first-order chi connectivity index (χ1) is 8.54. The number of anilines is 2. The van der Waals surface area contributed by atoms with E-state index < -0.39 is 0 Å². The molecule has 0 aliphatic carbocycles. The van der Waals surface area contributed by atoms with Crippen LogP contribution in [0.15, 0.2) is 41.1 Å². The Hall–Kier alpha value is -1.88. The van der Waals surface area contributed by atoms with E-state index in [1.54, 1.807) is 30.6 Å². The number of carbonyl (C=O) groups excluding carboxylic acids is 1. The number of halogens is 1. The molecule has 1 aromatic carbocycles. The van der Waals surface area contributed by atoms with Gasteiger partial charge in [-0.25, -0.2) is 0 Å². The molecular weight excluding hydrogens is 294 g/mol. The summed E-state index contributed by atoms with van der Waals surface area (Å²) in [5, 5.41) is 2.78. The normalized spacial score (nSPS) is 10.1. The minimum absolute atomic E-state index is 0.213. The van der Waals surface area contributed by atoms with Crippen LogP contribution in [0.2, 0.25) is 0 Å². The predicted octanol–water partition coefficient (Wildman–Crippen LogP) is 2.99. The number of pyridine rings is 1. The number of nitrogens with zero attached hydrogens (tertiary/aromatic N) is 1. The van der Waals surface area contributed by atoms with Crippen molar-refractivity contribution in [2.75, 3.05) is 11.1 Å². The van der Waals surface area contributed by atoms with Crippen LogP contribution in [0.5, 0.6) is 0 Å². The zero-order chi connectivity index (χ0) is 13.1. The molecule has 3 N–H and O–H groups in total. The number of carbonyl (C=O) groups is 1. The highest BCUT2D eigenvalue weighted by Crippen LogP contribution is 2.18. The van der Waals surface area contributed by atoms with Crippen molar-refractivity contribution in [3.63, 3.8) is 0 Å². The van der Waals surface area contributed by atoms with Crippen molar-refractivity contribution < 1.29 is 4.79 Å². The molecule has 0 unspecified atom stereocenters. The van der Waals surface area contributed by atoms with Crippen molar-refractivity contribution in [1.29, 1.82) is 0 Å². The third kappa shape index (κ3) is 3.07. The van der Waals surface area contributed by atoms with E-state index in [1.165, 1.54) is 0 Å². The maximum Gasteiger partial charge on any atom is 0.255 e. The first-order valence-corrected chi connectivity index (χ1v) is 6.13. The molecule has 0 bridgehead atoms. The van der Waals surface area contributed by atoms with Crippen molar-refractivity contribution in [1.82, 2.24) is 4.98 Å². The van der Waals surface area contributed by atoms with Crippen molar-refractivity contribution in [2.45, 2.75) is 6.92 Å². The van der Waals surface area contributed by atoms with Gasteiger partial charge in [0.1, 0.15) is 0 Å². The summed E-state index contributed by atoms with van der Waals surface area (Å²) in [4.78, 5) is 16.0. The van der Waals surface area contributed by atoms with Gasteiger partial charge < -0.3 is 11.1 Å². The van der Waals surface area contributed by atoms with Crippen LogP contribution in [-0.2, 0) is 0 Å². The molecule has 0 saturated heterocycles. The average molecular weight is 306 g/mol. The Labute approximate surface area is 113 Å². The Morgan fingerprint density at radius 2 is 2.06 bits per heavy atom. The monoisotopic (exact) mass is 305 g/mol. The maximum absolute atomic E-state index is 12.0. The van der Waals surface area contributed by atoms with E-state index in [-0.39, 0.29) is 5.91 Å². The summed E-state index contributed by atoms with van der Waals surface area (Å²) in [5.74, 6) is -0.213. The number of nitrogens with two attached hydrogens (primary N) is 1. The number of aromatic nitrogens is 1. The van der Waals surface area contributed by atoms with Gasteiger partial charge in [0.2, 0.25) is 0 Å². The lowest BCUT2D eigenvalue weighted by Gasteiger charge is -2.06. The highest BCUT2D eigenvalue weighted by molar-refractivity contribution is 9.10. The number of nitrogens with one attached hydrogen (secondary N) is 1. The fourth-order valence-electron chi connectivity index (χ4n) is 1.57. The molecule has 0 aliphatic heterocycles. The van der Waals surface area contributed by atoms with Crippen molar-refractivity contribution in [3.8, 4) is 0 Å². The third-order valence-corrected chi connectivity index (χ3v) is 2.77. The van der Waals surface area contributed by atoms with E-state index in [1.807, 2.05) is 13.0 Å². The van der Waals surface area contributed by atoms with Gasteiger partial charge in [-0.15, -0.1) is 0 Å². The number of rotatable bonds is 2. The Morgan fingerprint density at radius 3 is 2.72 bits per heavy atom. The van der Waals surface area contributed by atoms with Crippen LogP contribution in [0.3, 0.4) is 0 Å². The lowest BCUT2D eigenvalue weighted by atomic mass is 10.2. The molecule has 18 heavy (non-hydrogen) atoms. The van der Waals surface area contributed by atoms with Gasteiger partial charge in [0.15, 0.2) is 0 Å². The molecule has 1 aromatic heterocycles. The Bertz CT molecular complexity index is 578. The molecule has 0 aliphatic rings. The van der Waals surface area contributed by atoms with Crippen LogP contribution in [0.4, 0.5) is 11.4 Å². The topological polar surface area (TPSA) is 68.0 Å². The van der Waals surface area contributed by atoms with Gasteiger partial charge in [-0.05, 0) is 36.8 Å². The largest absolute Gasteiger partial charge is 0.399 e. The van der Waals surface area contributed by atoms with E-state index >= 15 is 0 Å². The SMILES string of the molecule is Cc1cncc(NC(=O)c2cc(N)cc(Br)c2)c1. The van der Waals surface area contributed by atoms with Gasteiger partial charge in [-0.3, -0.25) is 9.78 Å². The Morgan fingerprint density at radius 1 is 1.28 bits per heavy atom. The number of aryl methyl sites for hydroxylation is 1. The van der Waals surface area contributed by atoms with Crippen molar-refractivity contribution >= 4 is 33.2 Å². The summed E-state index contributed by atoms with van der Waals surface area (Å²) in [5.41, 5.74) is 8.39. The molecule has 2 rings (SSSR count). The summed E-state index contributed by atoms with van der Waals surface area (Å²) in [6.45, 7) is 1.92. The quantitative estimate of drug-likeness (QED) is 0.838. The van der Waals surface area contributed by atoms with Crippen LogP contribution < -0.4 is 11.1 Å². The molecule has 2 aromatic rings. The maximum atomic E-state index is 12.0. The van der Waals surface area contributed by atoms with Crippen LogP contribution in [0.1, 0.15) is 15.9 Å². The lowest BCUT2D eigenvalue weighted by Crippen LogP contribution is -2.12. The number of hydrogen-bond acceptors (Lipinski definition) is 3. The second kappa shape index (κ2) is 5.18. The zero-order valence-corrected chi connectivity index (χ0v) is 11.4. The average Bonchev–Trinajstić information content (AvgIpc) is 2.27. The number of nitrogen functional groups attached to an aromatic ring is 1. The van der Waals surface area contributed by atoms with Crippen molar-refractivity contribution in [3.05, 3.63) is 52.3 Å². The molecule has 5 heteroatoms. The molecule has 0 saturated carbocycles. The smallest absolute Gasteiger partial charge is 0.255 e. The zero-order valence-electron chi connectivity index (χ0n) is 9.77. The second-order valence-corrected chi connectivity index (χ2v) is 4.89. The summed E-state index contributed by atoms with van der Waals surface area (Å²) < 4.78 is 0.773. The molecule has 1 heterocycles. The highest BCUT2D eigenvalue weighted by Gasteiger charge is 2.08. The predicted molar refractivity (Wildman–Crippen MR) is 75.5 cm³/mol. The van der Waals surface area contributed by atoms with Gasteiger partial charge in [0.25, 0.3) is 5.91 Å². The molecule has 4 nitrogen and oxygen atoms in total. The van der Waals surface area contributed by atoms with E-state index in [4.69, 9.17) is 5.73 Å². The summed E-state index contributed by atoms with van der Waals surface area (Å²) in [6.07, 6.45) is 3.33. The summed E-state index contributed by atoms with van der Waals surface area (Å²) in [7, 11) is 0. The molecule has 1 amide bonds. The molecule has 0 fully saturated rings. The third-order valence-electron chi connectivity index (χ3n) is 2.32. The van der Waals surface area contributed by atoms with Gasteiger partial charge in [-0.2, -0.15) is 0 Å². The number of benzene rings is 1. The fraction of sp³-hybridized carbons (Fsp3) is 0.0769. The van der Waals surface area contributed by atoms with Crippen LogP contribution in [0, 0.1) is 6.92 Å². The van der Waals surface area contributed by atoms with Gasteiger partial charge >= 0.3 is 0 Å². The first-order valence-electron chi connectivity index (χ1n) is 5.33. The van der Waals surface area contributed by atoms with E-state index in [9.17, 15) is 4.79 Å². The molecule has 92 valence electrons. The molecule has 0 atom stereocenters. The Balaban J connectivity index is 2.22. The fourth-order valence-corrected chi connectivity index (χ4v) is 2.08. The van der Waals surface area contributed by atoms with Gasteiger partial charge in [0.05, 0.1) is 11.9 Å². The second-order valence-electron chi connectivity index (χ2n) is 3.98. The minimum Gasteiger partial charge on any atom is -0.399 e. The molecule has 0 spiro atoms. The van der Waals surface area contributed by atoms with Crippen LogP contribution in [0.25, 0.3) is 0 Å². The minimum atomic E-state index is -0.213. The van der Waals surface area contributed by atoms with E-state index in [0.717, 1.165) is 10.0 Å². The molecular formula is C13H12BrN3O. The van der Waals surface area contributed by atoms with E-state index in [0.29, 0.717) is 16.9 Å². The standard InChI is InChI=1S/C13H12BrN3O/c1-8-2-12(7-16-6-8)17-13(18)9-3-10(14)5-11(15)4-9/h2-7H,15H2,1H3,(H,17,18). The summed E-state index contributed by atoms with van der Waals surface area (Å²) in [6, 6.07) is 6.94.